The van der Waals surface area contributed by atoms with E-state index in [-0.39, 0.29) is 0 Å². The lowest BCUT2D eigenvalue weighted by molar-refractivity contribution is 1.07. The van der Waals surface area contributed by atoms with Gasteiger partial charge in [0.05, 0.1) is 22.6 Å². The number of hydrogen-bond acceptors (Lipinski definition) is 4. The van der Waals surface area contributed by atoms with E-state index in [0.29, 0.717) is 17.5 Å². The predicted octanol–water partition coefficient (Wildman–Crippen LogP) is 13.6. The summed E-state index contributed by atoms with van der Waals surface area (Å²) in [6, 6.07) is 74.7. The number of anilines is 3. The molecule has 0 aliphatic carbocycles. The smallest absolute Gasteiger partial charge is 0.164 e. The third kappa shape index (κ3) is 5.68. The van der Waals surface area contributed by atoms with Gasteiger partial charge >= 0.3 is 0 Å². The van der Waals surface area contributed by atoms with Crippen LogP contribution in [-0.2, 0) is 0 Å². The van der Waals surface area contributed by atoms with E-state index < -0.39 is 0 Å². The van der Waals surface area contributed by atoms with Crippen LogP contribution in [0.1, 0.15) is 0 Å². The SMILES string of the molecule is c1ccc(-c2nc(-c3ccccc3)nc(-c3cccc(-c4ccc(N5c6ccccc6-c6c(n(-c7ccccc7)c7ccccc67)-c6ccccc65)cc4)c3)n2)cc1. The van der Waals surface area contributed by atoms with Crippen LogP contribution in [0.25, 0.3) is 84.3 Å². The first-order chi connectivity index (χ1) is 28.8. The fraction of sp³-hybridized carbons (Fsp3) is 0. The molecule has 0 unspecified atom stereocenters. The van der Waals surface area contributed by atoms with Crippen molar-refractivity contribution in [2.45, 2.75) is 0 Å². The highest BCUT2D eigenvalue weighted by molar-refractivity contribution is 6.13. The molecule has 10 aromatic rings. The molecule has 272 valence electrons. The zero-order chi connectivity index (χ0) is 38.4. The van der Waals surface area contributed by atoms with E-state index in [1.54, 1.807) is 0 Å². The Labute approximate surface area is 336 Å². The Morgan fingerprint density at radius 1 is 0.328 bits per heavy atom. The lowest BCUT2D eigenvalue weighted by Gasteiger charge is -2.27. The lowest BCUT2D eigenvalue weighted by Crippen LogP contribution is -2.11. The summed E-state index contributed by atoms with van der Waals surface area (Å²) in [5, 5.41) is 1.23. The molecule has 0 radical (unpaired) electrons. The average molecular weight is 742 g/mol. The molecule has 5 heteroatoms. The Bertz CT molecular complexity index is 3040. The highest BCUT2D eigenvalue weighted by Gasteiger charge is 2.31. The molecule has 0 amide bonds. The van der Waals surface area contributed by atoms with E-state index >= 15 is 0 Å². The summed E-state index contributed by atoms with van der Waals surface area (Å²) in [4.78, 5) is 17.3. The van der Waals surface area contributed by atoms with Gasteiger partial charge in [-0.15, -0.1) is 0 Å². The van der Waals surface area contributed by atoms with Crippen LogP contribution in [0.4, 0.5) is 17.1 Å². The minimum absolute atomic E-state index is 0.635. The molecule has 0 saturated carbocycles. The van der Waals surface area contributed by atoms with Gasteiger partial charge in [-0.05, 0) is 59.7 Å². The van der Waals surface area contributed by atoms with Crippen LogP contribution in [0.3, 0.4) is 0 Å². The van der Waals surface area contributed by atoms with Gasteiger partial charge in [-0.1, -0.05) is 164 Å². The molecule has 3 heterocycles. The quantitative estimate of drug-likeness (QED) is 0.170. The third-order valence-corrected chi connectivity index (χ3v) is 11.0. The molecule has 11 rings (SSSR count). The maximum absolute atomic E-state index is 4.99. The van der Waals surface area contributed by atoms with Crippen molar-refractivity contribution in [1.29, 1.82) is 0 Å². The molecular formula is C53H35N5. The summed E-state index contributed by atoms with van der Waals surface area (Å²) < 4.78 is 2.43. The molecule has 5 nitrogen and oxygen atoms in total. The van der Waals surface area contributed by atoms with Crippen LogP contribution in [0.5, 0.6) is 0 Å². The molecule has 0 bridgehead atoms. The minimum atomic E-state index is 0.635. The Morgan fingerprint density at radius 2 is 0.828 bits per heavy atom. The Morgan fingerprint density at radius 3 is 1.50 bits per heavy atom. The number of rotatable bonds is 6. The molecule has 0 atom stereocenters. The fourth-order valence-electron chi connectivity index (χ4n) is 8.35. The van der Waals surface area contributed by atoms with E-state index in [9.17, 15) is 0 Å². The maximum Gasteiger partial charge on any atom is 0.164 e. The molecule has 0 spiro atoms. The maximum atomic E-state index is 4.99. The third-order valence-electron chi connectivity index (χ3n) is 11.0. The molecular weight excluding hydrogens is 707 g/mol. The second kappa shape index (κ2) is 14.0. The van der Waals surface area contributed by atoms with Crippen molar-refractivity contribution >= 4 is 28.0 Å². The summed E-state index contributed by atoms with van der Waals surface area (Å²) in [5.41, 5.74) is 15.5. The molecule has 2 aromatic heterocycles. The number of nitrogens with zero attached hydrogens (tertiary/aromatic N) is 5. The monoisotopic (exact) mass is 741 g/mol. The first kappa shape index (κ1) is 33.4. The Hall–Kier alpha value is -7.89. The van der Waals surface area contributed by atoms with Gasteiger partial charge < -0.3 is 9.47 Å². The van der Waals surface area contributed by atoms with E-state index in [2.05, 4.69) is 161 Å². The molecule has 0 saturated heterocycles. The fourth-order valence-corrected chi connectivity index (χ4v) is 8.35. The Balaban J connectivity index is 1.02. The van der Waals surface area contributed by atoms with Crippen molar-refractivity contribution < 1.29 is 0 Å². The van der Waals surface area contributed by atoms with Crippen LogP contribution in [0.2, 0.25) is 0 Å². The molecule has 58 heavy (non-hydrogen) atoms. The largest absolute Gasteiger partial charge is 0.309 e. The van der Waals surface area contributed by atoms with Gasteiger partial charge in [-0.25, -0.2) is 15.0 Å². The minimum Gasteiger partial charge on any atom is -0.309 e. The standard InChI is InChI=1S/C53H35N5/c1-4-17-37(18-5-1)51-54-52(38-19-6-2-7-20-38)56-53(55-51)40-22-16-21-39(35-40)36-31-33-42(34-32-36)57-46-28-13-10-25-43(46)49-44-26-11-14-29-47(44)58(41-23-8-3-9-24-41)50(49)45-27-12-15-30-48(45)57/h1-35H. The van der Waals surface area contributed by atoms with Crippen molar-refractivity contribution in [1.82, 2.24) is 19.5 Å². The van der Waals surface area contributed by atoms with E-state index in [1.165, 1.54) is 33.3 Å². The number of benzene rings is 8. The van der Waals surface area contributed by atoms with Crippen molar-refractivity contribution in [3.8, 4) is 73.4 Å². The molecule has 0 fully saturated rings. The van der Waals surface area contributed by atoms with E-state index in [4.69, 9.17) is 15.0 Å². The van der Waals surface area contributed by atoms with Gasteiger partial charge in [0, 0.05) is 50.1 Å². The van der Waals surface area contributed by atoms with Crippen molar-refractivity contribution in [2.75, 3.05) is 4.90 Å². The summed E-state index contributed by atoms with van der Waals surface area (Å²) in [6.45, 7) is 0. The Kier molecular flexibility index (Phi) is 8.07. The lowest BCUT2D eigenvalue weighted by atomic mass is 9.98. The molecule has 8 aromatic carbocycles. The number of aromatic nitrogens is 4. The van der Waals surface area contributed by atoms with Crippen molar-refractivity contribution in [3.63, 3.8) is 0 Å². The number of fused-ring (bicyclic) bond motifs is 7. The molecule has 1 aliphatic rings. The van der Waals surface area contributed by atoms with Crippen molar-refractivity contribution in [3.05, 3.63) is 212 Å². The topological polar surface area (TPSA) is 46.8 Å². The zero-order valence-corrected chi connectivity index (χ0v) is 31.4. The number of para-hydroxylation sites is 4. The van der Waals surface area contributed by atoms with Gasteiger partial charge in [0.1, 0.15) is 0 Å². The normalized spacial score (nSPS) is 11.8. The highest BCUT2D eigenvalue weighted by atomic mass is 15.2. The summed E-state index contributed by atoms with van der Waals surface area (Å²) in [7, 11) is 0. The van der Waals surface area contributed by atoms with Crippen LogP contribution in [0, 0.1) is 0 Å². The summed E-state index contributed by atoms with van der Waals surface area (Å²) in [6.07, 6.45) is 0. The predicted molar refractivity (Wildman–Crippen MR) is 238 cm³/mol. The second-order valence-electron chi connectivity index (χ2n) is 14.4. The van der Waals surface area contributed by atoms with Crippen molar-refractivity contribution in [2.24, 2.45) is 0 Å². The molecule has 0 N–H and O–H groups in total. The first-order valence-electron chi connectivity index (χ1n) is 19.5. The van der Waals surface area contributed by atoms with Crippen LogP contribution in [-0.4, -0.2) is 19.5 Å². The van der Waals surface area contributed by atoms with E-state index in [0.717, 1.165) is 50.6 Å². The average Bonchev–Trinajstić information content (AvgIpc) is 3.59. The first-order valence-corrected chi connectivity index (χ1v) is 19.5. The van der Waals surface area contributed by atoms with Gasteiger partial charge in [0.15, 0.2) is 17.5 Å². The summed E-state index contributed by atoms with van der Waals surface area (Å²) in [5.74, 6) is 1.93. The van der Waals surface area contributed by atoms with E-state index in [1.807, 2.05) is 60.7 Å². The van der Waals surface area contributed by atoms with Gasteiger partial charge in [-0.3, -0.25) is 0 Å². The second-order valence-corrected chi connectivity index (χ2v) is 14.4. The van der Waals surface area contributed by atoms with Gasteiger partial charge in [0.25, 0.3) is 0 Å². The van der Waals surface area contributed by atoms with Crippen LogP contribution >= 0.6 is 0 Å². The van der Waals surface area contributed by atoms with Gasteiger partial charge in [-0.2, -0.15) is 0 Å². The summed E-state index contributed by atoms with van der Waals surface area (Å²) >= 11 is 0. The zero-order valence-electron chi connectivity index (χ0n) is 31.4. The van der Waals surface area contributed by atoms with Crippen LogP contribution < -0.4 is 4.90 Å². The molecule has 1 aliphatic heterocycles. The highest BCUT2D eigenvalue weighted by Crippen LogP contribution is 2.54. The van der Waals surface area contributed by atoms with Gasteiger partial charge in [0.2, 0.25) is 0 Å². The number of hydrogen-bond donors (Lipinski definition) is 0. The van der Waals surface area contributed by atoms with Crippen LogP contribution in [0.15, 0.2) is 212 Å².